The number of rotatable bonds is 2. The van der Waals surface area contributed by atoms with Crippen molar-refractivity contribution in [2.75, 3.05) is 11.4 Å². The molecule has 3 nitrogen and oxygen atoms in total. The lowest BCUT2D eigenvalue weighted by Gasteiger charge is -2.28. The zero-order valence-corrected chi connectivity index (χ0v) is 12.6. The number of benzene rings is 2. The molecule has 0 aromatic heterocycles. The first-order valence-corrected chi connectivity index (χ1v) is 7.36. The second kappa shape index (κ2) is 5.78. The van der Waals surface area contributed by atoms with Crippen molar-refractivity contribution < 1.29 is 9.53 Å². The average Bonchev–Trinajstić information content (AvgIpc) is 2.46. The number of hydrogen-bond acceptors (Lipinski definition) is 2. The van der Waals surface area contributed by atoms with Gasteiger partial charge < -0.3 is 9.64 Å². The van der Waals surface area contributed by atoms with Crippen LogP contribution in [-0.4, -0.2) is 12.5 Å². The van der Waals surface area contributed by atoms with Crippen LogP contribution in [0.2, 0.25) is 5.02 Å². The van der Waals surface area contributed by atoms with Gasteiger partial charge in [0.15, 0.2) is 0 Å². The maximum atomic E-state index is 11.7. The van der Waals surface area contributed by atoms with Crippen LogP contribution in [-0.2, 0) is 11.2 Å². The molecule has 0 unspecified atom stereocenters. The van der Waals surface area contributed by atoms with Gasteiger partial charge in [0.25, 0.3) is 0 Å². The second-order valence-electron chi connectivity index (χ2n) is 5.12. The number of nitrogens with zero attached hydrogens (tertiary/aromatic N) is 1. The molecule has 0 aliphatic carbocycles. The molecule has 21 heavy (non-hydrogen) atoms. The molecule has 1 amide bonds. The summed E-state index contributed by atoms with van der Waals surface area (Å²) in [5.41, 5.74) is 2.14. The standard InChI is InChI=1S/C17H16ClNO2/c1-12(20)19-9-3-4-13-10-16(7-8-17(13)19)21-15-6-2-5-14(18)11-15/h2,5-8,10-11H,3-4,9H2,1H3. The van der Waals surface area contributed by atoms with Crippen LogP contribution in [0.4, 0.5) is 5.69 Å². The van der Waals surface area contributed by atoms with Crippen molar-refractivity contribution >= 4 is 23.2 Å². The summed E-state index contributed by atoms with van der Waals surface area (Å²) in [5.74, 6) is 1.56. The number of hydrogen-bond donors (Lipinski definition) is 0. The maximum absolute atomic E-state index is 11.7. The molecule has 108 valence electrons. The number of aryl methyl sites for hydroxylation is 1. The highest BCUT2D eigenvalue weighted by atomic mass is 35.5. The molecule has 0 saturated carbocycles. The molecule has 0 fully saturated rings. The fourth-order valence-electron chi connectivity index (χ4n) is 2.63. The van der Waals surface area contributed by atoms with Crippen molar-refractivity contribution in [2.24, 2.45) is 0 Å². The number of halogens is 1. The van der Waals surface area contributed by atoms with Gasteiger partial charge in [-0.05, 0) is 54.8 Å². The zero-order valence-electron chi connectivity index (χ0n) is 11.8. The fourth-order valence-corrected chi connectivity index (χ4v) is 2.81. The van der Waals surface area contributed by atoms with Gasteiger partial charge in [-0.25, -0.2) is 0 Å². The van der Waals surface area contributed by atoms with E-state index in [-0.39, 0.29) is 5.91 Å². The quantitative estimate of drug-likeness (QED) is 0.821. The molecule has 0 spiro atoms. The van der Waals surface area contributed by atoms with Crippen molar-refractivity contribution in [3.05, 3.63) is 53.1 Å². The zero-order chi connectivity index (χ0) is 14.8. The van der Waals surface area contributed by atoms with E-state index >= 15 is 0 Å². The van der Waals surface area contributed by atoms with Gasteiger partial charge in [-0.1, -0.05) is 17.7 Å². The van der Waals surface area contributed by atoms with E-state index in [0.717, 1.165) is 36.4 Å². The molecule has 1 aliphatic heterocycles. The Labute approximate surface area is 129 Å². The van der Waals surface area contributed by atoms with Crippen LogP contribution in [0.25, 0.3) is 0 Å². The molecule has 0 bridgehead atoms. The first-order valence-electron chi connectivity index (χ1n) is 6.98. The summed E-state index contributed by atoms with van der Waals surface area (Å²) in [7, 11) is 0. The molecular weight excluding hydrogens is 286 g/mol. The lowest BCUT2D eigenvalue weighted by molar-refractivity contribution is -0.116. The van der Waals surface area contributed by atoms with E-state index in [0.29, 0.717) is 10.8 Å². The first kappa shape index (κ1) is 14.0. The Kier molecular flexibility index (Phi) is 3.84. The summed E-state index contributed by atoms with van der Waals surface area (Å²) < 4.78 is 5.83. The molecule has 0 N–H and O–H groups in total. The van der Waals surface area contributed by atoms with Gasteiger partial charge in [-0.15, -0.1) is 0 Å². The Morgan fingerprint density at radius 3 is 2.76 bits per heavy atom. The Bertz CT molecular complexity index is 684. The number of ether oxygens (including phenoxy) is 1. The van der Waals surface area contributed by atoms with Crippen LogP contribution in [0.1, 0.15) is 18.9 Å². The average molecular weight is 302 g/mol. The Morgan fingerprint density at radius 2 is 2.00 bits per heavy atom. The first-order chi connectivity index (χ1) is 10.1. The van der Waals surface area contributed by atoms with Gasteiger partial charge in [0.05, 0.1) is 0 Å². The SMILES string of the molecule is CC(=O)N1CCCc2cc(Oc3cccc(Cl)c3)ccc21. The molecule has 4 heteroatoms. The van der Waals surface area contributed by atoms with Crippen molar-refractivity contribution in [1.82, 2.24) is 0 Å². The topological polar surface area (TPSA) is 29.5 Å². The molecule has 0 saturated heterocycles. The van der Waals surface area contributed by atoms with Crippen molar-refractivity contribution in [2.45, 2.75) is 19.8 Å². The van der Waals surface area contributed by atoms with Gasteiger partial charge in [0.1, 0.15) is 11.5 Å². The minimum Gasteiger partial charge on any atom is -0.457 e. The predicted octanol–water partition coefficient (Wildman–Crippen LogP) is 4.43. The third kappa shape index (κ3) is 3.03. The lowest BCUT2D eigenvalue weighted by Crippen LogP contribution is -2.33. The van der Waals surface area contributed by atoms with Crippen molar-refractivity contribution in [1.29, 1.82) is 0 Å². The van der Waals surface area contributed by atoms with Crippen LogP contribution in [0.3, 0.4) is 0 Å². The van der Waals surface area contributed by atoms with Gasteiger partial charge in [0, 0.05) is 24.2 Å². The number of carbonyl (C=O) groups is 1. The number of amides is 1. The van der Waals surface area contributed by atoms with E-state index < -0.39 is 0 Å². The second-order valence-corrected chi connectivity index (χ2v) is 5.56. The molecule has 2 aromatic carbocycles. The number of carbonyl (C=O) groups excluding carboxylic acids is 1. The molecular formula is C17H16ClNO2. The predicted molar refractivity (Wildman–Crippen MR) is 84.3 cm³/mol. The Balaban J connectivity index is 1.87. The van der Waals surface area contributed by atoms with E-state index in [1.807, 2.05) is 41.3 Å². The lowest BCUT2D eigenvalue weighted by atomic mass is 10.0. The van der Waals surface area contributed by atoms with Crippen molar-refractivity contribution in [3.63, 3.8) is 0 Å². The Hall–Kier alpha value is -2.00. The largest absolute Gasteiger partial charge is 0.457 e. The monoisotopic (exact) mass is 301 g/mol. The van der Waals surface area contributed by atoms with Gasteiger partial charge in [0.2, 0.25) is 5.91 Å². The third-order valence-corrected chi connectivity index (χ3v) is 3.82. The Morgan fingerprint density at radius 1 is 1.19 bits per heavy atom. The van der Waals surface area contributed by atoms with Crippen LogP contribution in [0.5, 0.6) is 11.5 Å². The summed E-state index contributed by atoms with van der Waals surface area (Å²) in [6.45, 7) is 2.39. The van der Waals surface area contributed by atoms with Gasteiger partial charge in [-0.3, -0.25) is 4.79 Å². The van der Waals surface area contributed by atoms with E-state index in [2.05, 4.69) is 0 Å². The molecule has 1 heterocycles. The van der Waals surface area contributed by atoms with E-state index in [1.165, 1.54) is 0 Å². The molecule has 2 aromatic rings. The van der Waals surface area contributed by atoms with Crippen LogP contribution >= 0.6 is 11.6 Å². The van der Waals surface area contributed by atoms with Gasteiger partial charge >= 0.3 is 0 Å². The smallest absolute Gasteiger partial charge is 0.223 e. The van der Waals surface area contributed by atoms with Gasteiger partial charge in [-0.2, -0.15) is 0 Å². The van der Waals surface area contributed by atoms with E-state index in [1.54, 1.807) is 13.0 Å². The molecule has 0 radical (unpaired) electrons. The summed E-state index contributed by atoms with van der Waals surface area (Å²) >= 11 is 5.96. The highest BCUT2D eigenvalue weighted by Gasteiger charge is 2.20. The van der Waals surface area contributed by atoms with Crippen LogP contribution in [0.15, 0.2) is 42.5 Å². The highest BCUT2D eigenvalue weighted by molar-refractivity contribution is 6.30. The van der Waals surface area contributed by atoms with Crippen molar-refractivity contribution in [3.8, 4) is 11.5 Å². The minimum absolute atomic E-state index is 0.0828. The molecule has 0 atom stereocenters. The highest BCUT2D eigenvalue weighted by Crippen LogP contribution is 2.32. The fraction of sp³-hybridized carbons (Fsp3) is 0.235. The summed E-state index contributed by atoms with van der Waals surface area (Å²) in [4.78, 5) is 13.5. The maximum Gasteiger partial charge on any atom is 0.223 e. The summed E-state index contributed by atoms with van der Waals surface area (Å²) in [6.07, 6.45) is 1.94. The molecule has 3 rings (SSSR count). The van der Waals surface area contributed by atoms with E-state index in [9.17, 15) is 4.79 Å². The van der Waals surface area contributed by atoms with Crippen LogP contribution < -0.4 is 9.64 Å². The number of fused-ring (bicyclic) bond motifs is 1. The summed E-state index contributed by atoms with van der Waals surface area (Å²) in [6, 6.07) is 13.2. The summed E-state index contributed by atoms with van der Waals surface area (Å²) in [5, 5.41) is 0.646. The van der Waals surface area contributed by atoms with E-state index in [4.69, 9.17) is 16.3 Å². The van der Waals surface area contributed by atoms with Crippen LogP contribution in [0, 0.1) is 0 Å². The third-order valence-electron chi connectivity index (χ3n) is 3.58. The number of anilines is 1. The molecule has 1 aliphatic rings. The minimum atomic E-state index is 0.0828. The normalized spacial score (nSPS) is 13.7.